The molecule has 0 aliphatic heterocycles. The second-order valence-electron chi connectivity index (χ2n) is 13.1. The molecule has 262 valence electrons. The zero-order valence-electron chi connectivity index (χ0n) is 33.7. The molecule has 1 fully saturated rings. The molecule has 0 atom stereocenters. The van der Waals surface area contributed by atoms with Gasteiger partial charge in [0.25, 0.3) is 0 Å². The molecule has 0 radical (unpaired) electrons. The molecule has 1 aliphatic carbocycles. The van der Waals surface area contributed by atoms with Gasteiger partial charge in [-0.05, 0) is 139 Å². The van der Waals surface area contributed by atoms with E-state index < -0.39 is 0 Å². The maximum absolute atomic E-state index is 9.35. The van der Waals surface area contributed by atoms with E-state index in [0.717, 1.165) is 42.3 Å². The molecule has 1 saturated carbocycles. The highest BCUT2D eigenvalue weighted by Crippen LogP contribution is 2.48. The zero-order valence-corrected chi connectivity index (χ0v) is 33.7. The quantitative estimate of drug-likeness (QED) is 0.131. The van der Waals surface area contributed by atoms with Gasteiger partial charge in [-0.15, -0.1) is 0 Å². The maximum atomic E-state index is 9.35. The van der Waals surface area contributed by atoms with E-state index in [-0.39, 0.29) is 0 Å². The number of allylic oxidation sites excluding steroid dienone is 7. The van der Waals surface area contributed by atoms with Gasteiger partial charge in [0.1, 0.15) is 0 Å². The number of hydrogen-bond acceptors (Lipinski definition) is 2. The van der Waals surface area contributed by atoms with E-state index in [4.69, 9.17) is 4.74 Å². The van der Waals surface area contributed by atoms with Crippen molar-refractivity contribution < 1.29 is 4.74 Å². The fourth-order valence-corrected chi connectivity index (χ4v) is 5.35. The van der Waals surface area contributed by atoms with Gasteiger partial charge in [-0.25, -0.2) is 0 Å². The van der Waals surface area contributed by atoms with Crippen molar-refractivity contribution in [1.82, 2.24) is 0 Å². The van der Waals surface area contributed by atoms with Crippen LogP contribution in [0.2, 0.25) is 0 Å². The lowest BCUT2D eigenvalue weighted by molar-refractivity contribution is 0.153. The van der Waals surface area contributed by atoms with E-state index in [1.54, 1.807) is 0 Å². The lowest BCUT2D eigenvalue weighted by atomic mass is 9.79. The first-order valence-electron chi connectivity index (χ1n) is 18.2. The Hall–Kier alpha value is -2.61. The largest absolute Gasteiger partial charge is 0.498 e. The van der Waals surface area contributed by atoms with Gasteiger partial charge in [0.2, 0.25) is 0 Å². The topological polar surface area (TPSA) is 33.1 Å². The zero-order chi connectivity index (χ0) is 36.4. The summed E-state index contributed by atoms with van der Waals surface area (Å²) in [6.07, 6.45) is 12.6. The SMILES string of the molecule is C=C(C)OCC1(CC)CC1.C=Cc1c(C)c(C)c(C(=N)/C(C(C)=C(C)C)=C(C)\C(C)=C/C)c(CC)c1CC.CC.CCC(C)CC. The molecule has 0 heterocycles. The Morgan fingerprint density at radius 3 is 1.67 bits per heavy atom. The Morgan fingerprint density at radius 2 is 1.37 bits per heavy atom. The van der Waals surface area contributed by atoms with Gasteiger partial charge in [0.15, 0.2) is 0 Å². The Bertz CT molecular complexity index is 1220. The summed E-state index contributed by atoms with van der Waals surface area (Å²) in [7, 11) is 0. The first-order chi connectivity index (χ1) is 21.6. The van der Waals surface area contributed by atoms with E-state index in [1.807, 2.05) is 26.8 Å². The van der Waals surface area contributed by atoms with E-state index in [9.17, 15) is 5.41 Å². The summed E-state index contributed by atoms with van der Waals surface area (Å²) in [5.74, 6) is 1.78. The lowest BCUT2D eigenvalue weighted by Gasteiger charge is -2.25. The van der Waals surface area contributed by atoms with E-state index >= 15 is 0 Å². The second kappa shape index (κ2) is 22.8. The predicted molar refractivity (Wildman–Crippen MR) is 212 cm³/mol. The van der Waals surface area contributed by atoms with Crippen LogP contribution in [0.25, 0.3) is 6.08 Å². The van der Waals surface area contributed by atoms with Crippen molar-refractivity contribution in [2.75, 3.05) is 6.61 Å². The third-order valence-corrected chi connectivity index (χ3v) is 9.99. The molecule has 1 aromatic rings. The van der Waals surface area contributed by atoms with Crippen LogP contribution in [0, 0.1) is 30.6 Å². The van der Waals surface area contributed by atoms with Crippen molar-refractivity contribution in [2.45, 2.75) is 163 Å². The van der Waals surface area contributed by atoms with Gasteiger partial charge in [-0.2, -0.15) is 0 Å². The molecule has 1 aliphatic rings. The Labute approximate surface area is 288 Å². The van der Waals surface area contributed by atoms with Crippen molar-refractivity contribution in [3.63, 3.8) is 0 Å². The lowest BCUT2D eigenvalue weighted by Crippen LogP contribution is -2.16. The summed E-state index contributed by atoms with van der Waals surface area (Å²) >= 11 is 0. The van der Waals surface area contributed by atoms with Crippen molar-refractivity contribution in [1.29, 1.82) is 5.41 Å². The molecule has 0 bridgehead atoms. The fraction of sp³-hybridized carbons (Fsp3) is 0.614. The minimum absolute atomic E-state index is 0.541. The summed E-state index contributed by atoms with van der Waals surface area (Å²) in [4.78, 5) is 0. The number of nitrogens with one attached hydrogen (secondary N) is 1. The third kappa shape index (κ3) is 13.2. The molecule has 0 saturated heterocycles. The fourth-order valence-electron chi connectivity index (χ4n) is 5.35. The standard InChI is InChI=1S/C27H39N.C9H16O.C6H14.C2H6/c1-12-17(7)19(9)25(18(8)16(5)6)27(28)26-21(11)20(10)22(13-2)23(14-3)24(26)15-4;1-4-9(5-6-9)7-10-8(2)3;1-4-6(3)5-2;1-2/h12-13,28H,2,14-15H2,1,3-11H3;2,4-7H2,1,3H3;6H,4-5H2,1-3H3;1-2H3/b17-12-,25-19-,28-27?;;;. The Morgan fingerprint density at radius 1 is 0.870 bits per heavy atom. The molecule has 46 heavy (non-hydrogen) atoms. The molecule has 1 N–H and O–H groups in total. The molecule has 0 aromatic heterocycles. The Kier molecular flexibility index (Phi) is 22.6. The normalized spacial score (nSPS) is 13.5. The van der Waals surface area contributed by atoms with Crippen molar-refractivity contribution in [3.8, 4) is 0 Å². The minimum atomic E-state index is 0.541. The van der Waals surface area contributed by atoms with Crippen LogP contribution in [0.1, 0.15) is 169 Å². The Balaban J connectivity index is 0. The highest BCUT2D eigenvalue weighted by molar-refractivity contribution is 6.16. The average Bonchev–Trinajstić information content (AvgIpc) is 3.85. The van der Waals surface area contributed by atoms with Gasteiger partial charge >= 0.3 is 0 Å². The first kappa shape index (κ1) is 45.5. The number of ether oxygens (including phenoxy) is 1. The molecular weight excluding hydrogens is 558 g/mol. The molecule has 1 aromatic carbocycles. The van der Waals surface area contributed by atoms with E-state index in [2.05, 4.69) is 116 Å². The number of benzene rings is 1. The molecular formula is C44H75NO. The van der Waals surface area contributed by atoms with Crippen molar-refractivity contribution in [2.24, 2.45) is 11.3 Å². The molecule has 2 rings (SSSR count). The summed E-state index contributed by atoms with van der Waals surface area (Å²) < 4.78 is 5.37. The van der Waals surface area contributed by atoms with Crippen LogP contribution in [0.5, 0.6) is 0 Å². The van der Waals surface area contributed by atoms with E-state index in [0.29, 0.717) is 11.1 Å². The van der Waals surface area contributed by atoms with Crippen LogP contribution in [0.3, 0.4) is 0 Å². The number of hydrogen-bond donors (Lipinski definition) is 1. The summed E-state index contributed by atoms with van der Waals surface area (Å²) in [5, 5.41) is 9.35. The molecule has 2 heteroatoms. The van der Waals surface area contributed by atoms with Crippen LogP contribution in [0.15, 0.2) is 52.9 Å². The minimum Gasteiger partial charge on any atom is -0.498 e. The molecule has 0 spiro atoms. The number of rotatable bonds is 13. The molecule has 0 unspecified atom stereocenters. The highest BCUT2D eigenvalue weighted by Gasteiger charge is 2.41. The van der Waals surface area contributed by atoms with Crippen molar-refractivity contribution in [3.05, 3.63) is 86.2 Å². The first-order valence-corrected chi connectivity index (χ1v) is 18.2. The van der Waals surface area contributed by atoms with E-state index in [1.165, 1.54) is 82.2 Å². The molecule has 0 amide bonds. The van der Waals surface area contributed by atoms with Crippen LogP contribution < -0.4 is 0 Å². The van der Waals surface area contributed by atoms with Gasteiger partial charge in [-0.1, -0.05) is 105 Å². The van der Waals surface area contributed by atoms with Crippen molar-refractivity contribution >= 4 is 11.8 Å². The third-order valence-electron chi connectivity index (χ3n) is 9.99. The smallest absolute Gasteiger partial charge is 0.0932 e. The monoisotopic (exact) mass is 634 g/mol. The average molecular weight is 634 g/mol. The second-order valence-corrected chi connectivity index (χ2v) is 13.1. The summed E-state index contributed by atoms with van der Waals surface area (Å²) in [6, 6.07) is 0. The summed E-state index contributed by atoms with van der Waals surface area (Å²) in [5.41, 5.74) is 14.6. The van der Waals surface area contributed by atoms with Gasteiger partial charge in [0, 0.05) is 16.6 Å². The van der Waals surface area contributed by atoms with Gasteiger partial charge in [-0.3, -0.25) is 5.41 Å². The van der Waals surface area contributed by atoms with Gasteiger partial charge < -0.3 is 4.74 Å². The predicted octanol–water partition coefficient (Wildman–Crippen LogP) is 14.3. The molecule has 2 nitrogen and oxygen atoms in total. The summed E-state index contributed by atoms with van der Waals surface area (Å²) in [6.45, 7) is 45.0. The van der Waals surface area contributed by atoms with Gasteiger partial charge in [0.05, 0.1) is 18.1 Å². The van der Waals surface area contributed by atoms with Crippen LogP contribution >= 0.6 is 0 Å². The van der Waals surface area contributed by atoms with Crippen LogP contribution in [-0.4, -0.2) is 12.3 Å². The van der Waals surface area contributed by atoms with Crippen LogP contribution in [0.4, 0.5) is 0 Å². The van der Waals surface area contributed by atoms with Crippen LogP contribution in [-0.2, 0) is 17.6 Å². The highest BCUT2D eigenvalue weighted by atomic mass is 16.5. The maximum Gasteiger partial charge on any atom is 0.0932 e.